The predicted molar refractivity (Wildman–Crippen MR) is 161 cm³/mol. The Bertz CT molecular complexity index is 1310. The number of aromatic amines is 1. The summed E-state index contributed by atoms with van der Waals surface area (Å²) >= 11 is 1.76. The molecule has 0 amide bonds. The molecule has 3 saturated carbocycles. The second-order valence-corrected chi connectivity index (χ2v) is 14.3. The molecule has 4 fully saturated rings. The zero-order chi connectivity index (χ0) is 27.3. The Balaban J connectivity index is 1.28. The second-order valence-electron chi connectivity index (χ2n) is 13.3. The van der Waals surface area contributed by atoms with E-state index in [1.807, 2.05) is 0 Å². The summed E-state index contributed by atoms with van der Waals surface area (Å²) in [6, 6.07) is 9.07. The number of carbonyl (C=O) groups is 1. The van der Waals surface area contributed by atoms with Crippen LogP contribution in [-0.4, -0.2) is 30.3 Å². The lowest BCUT2D eigenvalue weighted by Crippen LogP contribution is -2.32. The number of thiophene rings is 1. The number of ketones is 1. The van der Waals surface area contributed by atoms with E-state index in [-0.39, 0.29) is 12.2 Å². The Labute approximate surface area is 237 Å². The first kappa shape index (κ1) is 27.2. The average Bonchev–Trinajstić information content (AvgIpc) is 3.68. The summed E-state index contributed by atoms with van der Waals surface area (Å²) in [5.74, 6) is 3.19. The Morgan fingerprint density at radius 3 is 2.51 bits per heavy atom. The quantitative estimate of drug-likeness (QED) is 0.276. The van der Waals surface area contributed by atoms with E-state index in [0.717, 1.165) is 48.5 Å². The smallest absolute Gasteiger partial charge is 0.157 e. The number of benzene rings is 1. The van der Waals surface area contributed by atoms with Crippen LogP contribution in [0.1, 0.15) is 99.6 Å². The molecule has 3 unspecified atom stereocenters. The van der Waals surface area contributed by atoms with Crippen LogP contribution in [0.4, 0.5) is 0 Å². The van der Waals surface area contributed by atoms with Gasteiger partial charge in [0, 0.05) is 29.2 Å². The summed E-state index contributed by atoms with van der Waals surface area (Å²) in [4.78, 5) is 19.7. The molecule has 4 aliphatic rings. The predicted octanol–water partition coefficient (Wildman–Crippen LogP) is 8.83. The zero-order valence-electron chi connectivity index (χ0n) is 24.4. The summed E-state index contributed by atoms with van der Waals surface area (Å²) in [5.41, 5.74) is 5.75. The maximum Gasteiger partial charge on any atom is 0.157 e. The lowest BCUT2D eigenvalue weighted by atomic mass is 9.69. The summed E-state index contributed by atoms with van der Waals surface area (Å²) in [7, 11) is 0. The second kappa shape index (κ2) is 10.8. The van der Waals surface area contributed by atoms with Crippen molar-refractivity contribution in [2.24, 2.45) is 17.8 Å². The summed E-state index contributed by atoms with van der Waals surface area (Å²) in [6.45, 7) is 12.3. The molecule has 4 nitrogen and oxygen atoms in total. The van der Waals surface area contributed by atoms with Crippen molar-refractivity contribution in [2.75, 3.05) is 13.2 Å². The van der Waals surface area contributed by atoms with Crippen LogP contribution in [0, 0.1) is 31.6 Å². The molecule has 1 saturated heterocycles. The standard InChI is InChI=1S/C34H45NO3S/c1-20-14-21(2)16-25(15-20)32-31(22(3)19-38-30-8-6-7-13-37-30)27-18-29(39-33(27)35-32)34(4,5)28(36)12-11-26-23-9-10-24(26)17-23/h14-16,18,22-24,26,30,35H,6-13,17,19H2,1-5H3/t22-,23?,24?,26?,30?/m0/s1. The molecule has 5 heteroatoms. The van der Waals surface area contributed by atoms with Crippen molar-refractivity contribution in [1.82, 2.24) is 4.98 Å². The van der Waals surface area contributed by atoms with E-state index in [2.05, 4.69) is 63.9 Å². The molecule has 2 aromatic heterocycles. The minimum absolute atomic E-state index is 0.0965. The molecule has 3 heterocycles. The monoisotopic (exact) mass is 547 g/mol. The van der Waals surface area contributed by atoms with E-state index in [0.29, 0.717) is 18.8 Å². The number of ether oxygens (including phenoxy) is 2. The number of aryl methyl sites for hydroxylation is 2. The molecule has 4 atom stereocenters. The Hall–Kier alpha value is -1.95. The highest BCUT2D eigenvalue weighted by molar-refractivity contribution is 7.19. The van der Waals surface area contributed by atoms with Gasteiger partial charge in [0.15, 0.2) is 6.29 Å². The van der Waals surface area contributed by atoms with Gasteiger partial charge in [-0.2, -0.15) is 0 Å². The number of rotatable bonds is 10. The zero-order valence-corrected chi connectivity index (χ0v) is 25.2. The van der Waals surface area contributed by atoms with E-state index < -0.39 is 5.41 Å². The molecule has 0 radical (unpaired) electrons. The number of carbonyl (C=O) groups excluding carboxylic acids is 1. The van der Waals surface area contributed by atoms with E-state index in [1.165, 1.54) is 63.9 Å². The molecule has 1 aliphatic heterocycles. The molecule has 3 aromatic rings. The molecular weight excluding hydrogens is 502 g/mol. The van der Waals surface area contributed by atoms with Crippen molar-refractivity contribution < 1.29 is 14.3 Å². The number of aromatic nitrogens is 1. The van der Waals surface area contributed by atoms with Crippen LogP contribution in [0.3, 0.4) is 0 Å². The Morgan fingerprint density at radius 2 is 1.85 bits per heavy atom. The van der Waals surface area contributed by atoms with Crippen LogP contribution < -0.4 is 0 Å². The van der Waals surface area contributed by atoms with Crippen LogP contribution in [0.15, 0.2) is 24.3 Å². The van der Waals surface area contributed by atoms with Gasteiger partial charge >= 0.3 is 0 Å². The van der Waals surface area contributed by atoms with Crippen LogP contribution >= 0.6 is 11.3 Å². The van der Waals surface area contributed by atoms with E-state index in [4.69, 9.17) is 9.47 Å². The largest absolute Gasteiger partial charge is 0.353 e. The molecule has 0 spiro atoms. The highest BCUT2D eigenvalue weighted by Crippen LogP contribution is 2.55. The summed E-state index contributed by atoms with van der Waals surface area (Å²) in [6.07, 6.45) is 9.16. The average molecular weight is 548 g/mol. The van der Waals surface area contributed by atoms with Crippen molar-refractivity contribution in [2.45, 2.75) is 104 Å². The highest BCUT2D eigenvalue weighted by Gasteiger charge is 2.46. The third kappa shape index (κ3) is 5.27. The summed E-state index contributed by atoms with van der Waals surface area (Å²) < 4.78 is 12.1. The van der Waals surface area contributed by atoms with Gasteiger partial charge in [-0.15, -0.1) is 11.3 Å². The van der Waals surface area contributed by atoms with Gasteiger partial charge in [0.25, 0.3) is 0 Å². The number of hydrogen-bond donors (Lipinski definition) is 1. The fraction of sp³-hybridized carbons (Fsp3) is 0.618. The molecule has 39 heavy (non-hydrogen) atoms. The first-order valence-corrected chi connectivity index (χ1v) is 16.0. The third-order valence-electron chi connectivity index (χ3n) is 9.95. The van der Waals surface area contributed by atoms with Crippen molar-refractivity contribution in [3.8, 4) is 11.3 Å². The first-order valence-electron chi connectivity index (χ1n) is 15.2. The highest BCUT2D eigenvalue weighted by atomic mass is 32.1. The van der Waals surface area contributed by atoms with E-state index >= 15 is 0 Å². The molecule has 1 N–H and O–H groups in total. The van der Waals surface area contributed by atoms with Crippen molar-refractivity contribution in [3.63, 3.8) is 0 Å². The SMILES string of the molecule is Cc1cc(C)cc(-c2[nH]c3sc(C(C)(C)C(=O)CCC4C5CCC4C5)cc3c2[C@@H](C)COC2CCCCO2)c1. The van der Waals surface area contributed by atoms with Gasteiger partial charge in [0.05, 0.1) is 17.7 Å². The lowest BCUT2D eigenvalue weighted by Gasteiger charge is -2.36. The minimum Gasteiger partial charge on any atom is -0.353 e. The van der Waals surface area contributed by atoms with Gasteiger partial charge in [-0.25, -0.2) is 0 Å². The Kier molecular flexibility index (Phi) is 7.54. The summed E-state index contributed by atoms with van der Waals surface area (Å²) in [5, 5.41) is 1.24. The van der Waals surface area contributed by atoms with Gasteiger partial charge in [-0.05, 0) is 120 Å². The van der Waals surface area contributed by atoms with E-state index in [1.54, 1.807) is 11.3 Å². The molecule has 1 aromatic carbocycles. The Morgan fingerprint density at radius 1 is 1.10 bits per heavy atom. The topological polar surface area (TPSA) is 51.3 Å². The number of Topliss-reactive ketones (excluding diaryl/α,β-unsaturated/α-hetero) is 1. The van der Waals surface area contributed by atoms with Crippen molar-refractivity contribution in [1.29, 1.82) is 0 Å². The van der Waals surface area contributed by atoms with E-state index in [9.17, 15) is 4.79 Å². The van der Waals surface area contributed by atoms with Crippen LogP contribution in [0.5, 0.6) is 0 Å². The van der Waals surface area contributed by atoms with Gasteiger partial charge in [0.1, 0.15) is 10.6 Å². The van der Waals surface area contributed by atoms with Crippen molar-refractivity contribution >= 4 is 27.3 Å². The van der Waals surface area contributed by atoms with Crippen LogP contribution in [-0.2, 0) is 19.7 Å². The first-order chi connectivity index (χ1) is 18.7. The van der Waals surface area contributed by atoms with Crippen molar-refractivity contribution in [3.05, 3.63) is 45.8 Å². The van der Waals surface area contributed by atoms with Gasteiger partial charge in [0.2, 0.25) is 0 Å². The van der Waals surface area contributed by atoms with Gasteiger partial charge in [-0.1, -0.05) is 24.1 Å². The number of hydrogen-bond acceptors (Lipinski definition) is 4. The number of H-pyrrole nitrogens is 1. The maximum absolute atomic E-state index is 13.6. The minimum atomic E-state index is -0.472. The lowest BCUT2D eigenvalue weighted by molar-refractivity contribution is -0.164. The third-order valence-corrected chi connectivity index (χ3v) is 11.3. The van der Waals surface area contributed by atoms with Crippen LogP contribution in [0.2, 0.25) is 0 Å². The normalized spacial score (nSPS) is 25.7. The number of nitrogens with one attached hydrogen (secondary N) is 1. The number of fused-ring (bicyclic) bond motifs is 2. The fourth-order valence-corrected chi connectivity index (χ4v) is 8.78. The molecular formula is C34H45NO3S. The van der Waals surface area contributed by atoms with Crippen LogP contribution in [0.25, 0.3) is 21.5 Å². The maximum atomic E-state index is 13.6. The molecule has 3 aliphatic carbocycles. The molecule has 2 bridgehead atoms. The van der Waals surface area contributed by atoms with Gasteiger partial charge in [-0.3, -0.25) is 4.79 Å². The molecule has 7 rings (SSSR count). The fourth-order valence-electron chi connectivity index (χ4n) is 7.58. The van der Waals surface area contributed by atoms with Gasteiger partial charge < -0.3 is 14.5 Å². The molecule has 210 valence electrons.